The van der Waals surface area contributed by atoms with E-state index in [1.165, 1.54) is 28.5 Å². The summed E-state index contributed by atoms with van der Waals surface area (Å²) in [6.45, 7) is 1.15. The molecular weight excluding hydrogens is 332 g/mol. The van der Waals surface area contributed by atoms with Gasteiger partial charge in [-0.05, 0) is 37.7 Å². The van der Waals surface area contributed by atoms with Crippen LogP contribution in [0, 0.1) is 0 Å². The van der Waals surface area contributed by atoms with Gasteiger partial charge in [-0.15, -0.1) is 11.3 Å². The van der Waals surface area contributed by atoms with Gasteiger partial charge in [-0.1, -0.05) is 0 Å². The third-order valence-electron chi connectivity index (χ3n) is 4.77. The van der Waals surface area contributed by atoms with Gasteiger partial charge in [0.1, 0.15) is 17.0 Å². The van der Waals surface area contributed by atoms with Crippen molar-refractivity contribution in [2.24, 2.45) is 0 Å². The molecule has 1 saturated heterocycles. The van der Waals surface area contributed by atoms with Crippen molar-refractivity contribution in [2.45, 2.75) is 38.1 Å². The normalized spacial score (nSPS) is 20.0. The average molecular weight is 352 g/mol. The van der Waals surface area contributed by atoms with Gasteiger partial charge >= 0.3 is 0 Å². The summed E-state index contributed by atoms with van der Waals surface area (Å²) in [5, 5.41) is 4.74. The molecule has 8 heteroatoms. The van der Waals surface area contributed by atoms with E-state index >= 15 is 0 Å². The number of sulfonamides is 1. The summed E-state index contributed by atoms with van der Waals surface area (Å²) in [5.74, 6) is 0.923. The van der Waals surface area contributed by atoms with E-state index in [1.54, 1.807) is 22.0 Å². The van der Waals surface area contributed by atoms with Gasteiger partial charge in [-0.2, -0.15) is 0 Å². The molecule has 1 aliphatic heterocycles. The molecule has 2 aromatic rings. The van der Waals surface area contributed by atoms with E-state index < -0.39 is 10.0 Å². The second-order valence-corrected chi connectivity index (χ2v) is 9.41. The highest BCUT2D eigenvalue weighted by Gasteiger charge is 2.27. The highest BCUT2D eigenvalue weighted by molar-refractivity contribution is 7.88. The number of nitrogens with zero attached hydrogens (tertiary/aromatic N) is 3. The maximum atomic E-state index is 11.6. The minimum absolute atomic E-state index is 0.267. The van der Waals surface area contributed by atoms with E-state index in [2.05, 4.69) is 15.3 Å². The van der Waals surface area contributed by atoms with E-state index in [4.69, 9.17) is 0 Å². The van der Waals surface area contributed by atoms with Crippen molar-refractivity contribution in [3.05, 3.63) is 16.8 Å². The molecule has 0 spiro atoms. The van der Waals surface area contributed by atoms with Gasteiger partial charge in [-0.25, -0.2) is 22.7 Å². The van der Waals surface area contributed by atoms with Gasteiger partial charge in [0.2, 0.25) is 10.0 Å². The van der Waals surface area contributed by atoms with Gasteiger partial charge in [0.15, 0.2) is 0 Å². The topological polar surface area (TPSA) is 75.2 Å². The Bertz CT molecular complexity index is 839. The van der Waals surface area contributed by atoms with Crippen molar-refractivity contribution in [1.82, 2.24) is 14.3 Å². The first-order chi connectivity index (χ1) is 11.0. The summed E-state index contributed by atoms with van der Waals surface area (Å²) in [5.41, 5.74) is 1.42. The van der Waals surface area contributed by atoms with Gasteiger partial charge < -0.3 is 5.32 Å². The molecule has 23 heavy (non-hydrogen) atoms. The van der Waals surface area contributed by atoms with Crippen molar-refractivity contribution < 1.29 is 8.42 Å². The zero-order chi connectivity index (χ0) is 16.0. The number of fused-ring (bicyclic) bond motifs is 3. The van der Waals surface area contributed by atoms with E-state index in [-0.39, 0.29) is 6.04 Å². The maximum absolute atomic E-state index is 11.6. The summed E-state index contributed by atoms with van der Waals surface area (Å²) >= 11 is 1.79. The highest BCUT2D eigenvalue weighted by atomic mass is 32.2. The smallest absolute Gasteiger partial charge is 0.211 e. The molecule has 0 atom stereocenters. The fraction of sp³-hybridized carbons (Fsp3) is 0.600. The Morgan fingerprint density at radius 1 is 1.26 bits per heavy atom. The highest BCUT2D eigenvalue weighted by Crippen LogP contribution is 2.39. The monoisotopic (exact) mass is 352 g/mol. The van der Waals surface area contributed by atoms with Gasteiger partial charge in [0, 0.05) is 24.0 Å². The lowest BCUT2D eigenvalue weighted by atomic mass is 10.1. The minimum Gasteiger partial charge on any atom is -0.367 e. The number of piperidine rings is 1. The van der Waals surface area contributed by atoms with E-state index in [0.717, 1.165) is 36.3 Å². The molecule has 1 aliphatic carbocycles. The van der Waals surface area contributed by atoms with Crippen molar-refractivity contribution in [3.8, 4) is 0 Å². The Morgan fingerprint density at radius 2 is 2.04 bits per heavy atom. The number of anilines is 1. The van der Waals surface area contributed by atoms with Crippen LogP contribution in [0.5, 0.6) is 0 Å². The number of hydrogen-bond acceptors (Lipinski definition) is 6. The molecule has 6 nitrogen and oxygen atoms in total. The first-order valence-electron chi connectivity index (χ1n) is 7.99. The zero-order valence-electron chi connectivity index (χ0n) is 13.1. The molecule has 3 heterocycles. The molecule has 2 aliphatic rings. The van der Waals surface area contributed by atoms with E-state index in [9.17, 15) is 8.42 Å². The molecular formula is C15H20N4O2S2. The summed E-state index contributed by atoms with van der Waals surface area (Å²) in [7, 11) is -3.07. The lowest BCUT2D eigenvalue weighted by Crippen LogP contribution is -2.41. The van der Waals surface area contributed by atoms with Crippen LogP contribution >= 0.6 is 11.3 Å². The number of rotatable bonds is 3. The standard InChI is InChI=1S/C15H20N4O2S2/c1-23(20,21)19-7-5-10(6-8-19)18-14-13-11-3-2-4-12(11)22-15(13)17-9-16-14/h9-10H,2-8H2,1H3,(H,16,17,18). The summed E-state index contributed by atoms with van der Waals surface area (Å²) in [6, 6.07) is 0.267. The van der Waals surface area contributed by atoms with Gasteiger partial charge in [0.25, 0.3) is 0 Å². The third-order valence-corrected chi connectivity index (χ3v) is 7.27. The van der Waals surface area contributed by atoms with Crippen LogP contribution in [0.4, 0.5) is 5.82 Å². The van der Waals surface area contributed by atoms with Crippen LogP contribution in [-0.4, -0.2) is 48.1 Å². The predicted molar refractivity (Wildman–Crippen MR) is 92.5 cm³/mol. The van der Waals surface area contributed by atoms with Crippen molar-refractivity contribution >= 4 is 37.4 Å². The fourth-order valence-electron chi connectivity index (χ4n) is 3.56. The molecule has 0 amide bonds. The quantitative estimate of drug-likeness (QED) is 0.915. The number of hydrogen-bond donors (Lipinski definition) is 1. The van der Waals surface area contributed by atoms with Gasteiger partial charge in [0.05, 0.1) is 11.6 Å². The first kappa shape index (κ1) is 15.3. The maximum Gasteiger partial charge on any atom is 0.211 e. The molecule has 1 fully saturated rings. The molecule has 1 N–H and O–H groups in total. The first-order valence-corrected chi connectivity index (χ1v) is 10.7. The molecule has 4 rings (SSSR count). The SMILES string of the molecule is CS(=O)(=O)N1CCC(Nc2ncnc3sc4c(c23)CCC4)CC1. The Morgan fingerprint density at radius 3 is 2.78 bits per heavy atom. The summed E-state index contributed by atoms with van der Waals surface area (Å²) in [4.78, 5) is 11.4. The molecule has 0 radical (unpaired) electrons. The lowest BCUT2D eigenvalue weighted by Gasteiger charge is -2.31. The third kappa shape index (κ3) is 2.83. The second-order valence-electron chi connectivity index (χ2n) is 6.34. The number of thiophene rings is 1. The minimum atomic E-state index is -3.07. The molecule has 0 bridgehead atoms. The Balaban J connectivity index is 1.55. The fourth-order valence-corrected chi connectivity index (χ4v) is 5.67. The Hall–Kier alpha value is -1.25. The molecule has 0 saturated carbocycles. The number of aryl methyl sites for hydroxylation is 2. The van der Waals surface area contributed by atoms with Crippen LogP contribution in [0.2, 0.25) is 0 Å². The summed E-state index contributed by atoms with van der Waals surface area (Å²) < 4.78 is 24.8. The second kappa shape index (κ2) is 5.68. The molecule has 0 unspecified atom stereocenters. The molecule has 0 aromatic carbocycles. The van der Waals surface area contributed by atoms with Crippen LogP contribution in [0.3, 0.4) is 0 Å². The number of aromatic nitrogens is 2. The van der Waals surface area contributed by atoms with Crippen molar-refractivity contribution in [1.29, 1.82) is 0 Å². The van der Waals surface area contributed by atoms with Crippen LogP contribution in [0.25, 0.3) is 10.2 Å². The summed E-state index contributed by atoms with van der Waals surface area (Å²) in [6.07, 6.45) is 8.02. The molecule has 124 valence electrons. The molecule has 2 aromatic heterocycles. The van der Waals surface area contributed by atoms with E-state index in [1.807, 2.05) is 0 Å². The zero-order valence-corrected chi connectivity index (χ0v) is 14.7. The Labute approximate surface area is 140 Å². The van der Waals surface area contributed by atoms with Crippen LogP contribution < -0.4 is 5.32 Å². The van der Waals surface area contributed by atoms with Crippen molar-refractivity contribution in [2.75, 3.05) is 24.7 Å². The largest absolute Gasteiger partial charge is 0.367 e. The van der Waals surface area contributed by atoms with Crippen LogP contribution in [0.1, 0.15) is 29.7 Å². The Kier molecular flexibility index (Phi) is 3.78. The number of nitrogens with one attached hydrogen (secondary N) is 1. The van der Waals surface area contributed by atoms with E-state index in [0.29, 0.717) is 13.1 Å². The predicted octanol–water partition coefficient (Wildman–Crippen LogP) is 2.02. The van der Waals surface area contributed by atoms with Crippen LogP contribution in [-0.2, 0) is 22.9 Å². The van der Waals surface area contributed by atoms with Gasteiger partial charge in [-0.3, -0.25) is 0 Å². The lowest BCUT2D eigenvalue weighted by molar-refractivity contribution is 0.331. The van der Waals surface area contributed by atoms with Crippen molar-refractivity contribution in [3.63, 3.8) is 0 Å². The average Bonchev–Trinajstić information content (AvgIpc) is 3.07. The van der Waals surface area contributed by atoms with Crippen LogP contribution in [0.15, 0.2) is 6.33 Å².